The molecule has 3 aromatic rings. The molecule has 0 bridgehead atoms. The smallest absolute Gasteiger partial charge is 0.344 e. The molecule has 0 amide bonds. The third-order valence-corrected chi connectivity index (χ3v) is 5.56. The number of halogens is 1. The Hall–Kier alpha value is -3.80. The van der Waals surface area contributed by atoms with Gasteiger partial charge < -0.3 is 14.2 Å². The Bertz CT molecular complexity index is 1370. The van der Waals surface area contributed by atoms with E-state index in [-0.39, 0.29) is 29.2 Å². The van der Waals surface area contributed by atoms with Crippen molar-refractivity contribution in [3.8, 4) is 11.5 Å². The summed E-state index contributed by atoms with van der Waals surface area (Å²) in [4.78, 5) is 40.6. The summed E-state index contributed by atoms with van der Waals surface area (Å²) in [6, 6.07) is 7.91. The maximum absolute atomic E-state index is 13.2. The van der Waals surface area contributed by atoms with Crippen molar-refractivity contribution >= 4 is 44.7 Å². The van der Waals surface area contributed by atoms with E-state index in [1.165, 1.54) is 30.1 Å². The second-order valence-corrected chi connectivity index (χ2v) is 8.49. The third-order valence-electron chi connectivity index (χ3n) is 5.07. The summed E-state index contributed by atoms with van der Waals surface area (Å²) in [6.07, 6.45) is 3.54. The van der Waals surface area contributed by atoms with Crippen molar-refractivity contribution < 1.29 is 23.9 Å². The number of carbonyl (C=O) groups excluding carboxylic acids is 1. The zero-order valence-electron chi connectivity index (χ0n) is 20.0. The Balaban J connectivity index is 2.06. The highest BCUT2D eigenvalue weighted by molar-refractivity contribution is 9.10. The molecule has 1 heterocycles. The minimum atomic E-state index is -0.672. The fraction of sp³-hybridized carbons (Fsp3) is 0.333. The fourth-order valence-electron chi connectivity index (χ4n) is 3.38. The van der Waals surface area contributed by atoms with E-state index in [0.29, 0.717) is 23.1 Å². The molecule has 0 atom stereocenters. The van der Waals surface area contributed by atoms with Gasteiger partial charge in [-0.05, 0) is 37.6 Å². The number of benzene rings is 2. The summed E-state index contributed by atoms with van der Waals surface area (Å²) in [5.74, 6) is -0.391. The lowest BCUT2D eigenvalue weighted by atomic mass is 10.2. The zero-order valence-corrected chi connectivity index (χ0v) is 21.6. The number of hydrogen-bond donors (Lipinski definition) is 0. The van der Waals surface area contributed by atoms with Crippen LogP contribution in [0.1, 0.15) is 38.1 Å². The lowest BCUT2D eigenvalue weighted by Crippen LogP contribution is -2.22. The molecule has 36 heavy (non-hydrogen) atoms. The quantitative estimate of drug-likeness (QED) is 0.147. The highest BCUT2D eigenvalue weighted by atomic mass is 79.9. The summed E-state index contributed by atoms with van der Waals surface area (Å²) in [6.45, 7) is 3.29. The first-order valence-corrected chi connectivity index (χ1v) is 12.0. The molecule has 11 nitrogen and oxygen atoms in total. The molecule has 12 heteroatoms. The van der Waals surface area contributed by atoms with E-state index >= 15 is 0 Å². The van der Waals surface area contributed by atoms with Crippen LogP contribution in [0.2, 0.25) is 0 Å². The van der Waals surface area contributed by atoms with Crippen molar-refractivity contribution in [1.29, 1.82) is 0 Å². The summed E-state index contributed by atoms with van der Waals surface area (Å²) in [5.41, 5.74) is 0.0459. The lowest BCUT2D eigenvalue weighted by Gasteiger charge is -2.12. The van der Waals surface area contributed by atoms with Crippen molar-refractivity contribution in [1.82, 2.24) is 9.66 Å². The van der Waals surface area contributed by atoms with Crippen LogP contribution in [0.15, 0.2) is 44.7 Å². The van der Waals surface area contributed by atoms with Gasteiger partial charge in [-0.15, -0.1) is 0 Å². The Morgan fingerprint density at radius 3 is 2.72 bits per heavy atom. The van der Waals surface area contributed by atoms with Gasteiger partial charge in [-0.3, -0.25) is 14.9 Å². The topological polar surface area (TPSA) is 135 Å². The number of methoxy groups -OCH3 is 1. The number of nitrogens with zero attached hydrogens (tertiary/aromatic N) is 4. The highest BCUT2D eigenvalue weighted by Gasteiger charge is 2.23. The first-order valence-electron chi connectivity index (χ1n) is 11.2. The predicted octanol–water partition coefficient (Wildman–Crippen LogP) is 4.24. The van der Waals surface area contributed by atoms with E-state index in [0.717, 1.165) is 17.3 Å². The normalized spacial score (nSPS) is 11.1. The molecule has 3 rings (SSSR count). The van der Waals surface area contributed by atoms with Gasteiger partial charge in [0.25, 0.3) is 5.56 Å². The molecule has 190 valence electrons. The molecular formula is C24H25BrN4O7. The van der Waals surface area contributed by atoms with E-state index in [4.69, 9.17) is 14.2 Å². The predicted molar refractivity (Wildman–Crippen MR) is 137 cm³/mol. The molecule has 0 radical (unpaired) electrons. The maximum atomic E-state index is 13.2. The van der Waals surface area contributed by atoms with E-state index in [9.17, 15) is 19.7 Å². The van der Waals surface area contributed by atoms with Crippen molar-refractivity contribution in [3.63, 3.8) is 0 Å². The number of fused-ring (bicyclic) bond motifs is 1. The standard InChI is InChI=1S/C24H25BrN4O7/c1-4-6-7-21-27-18-9-8-16(25)12-17(18)24(31)28(21)26-13-15-10-19(29(32)33)23(20(11-15)34-3)36-14-22(30)35-5-2/h8-13H,4-7,14H2,1-3H3. The number of esters is 1. The SMILES string of the molecule is CCCCc1nc2ccc(Br)cc2c(=O)n1N=Cc1cc(OC)c(OCC(=O)OCC)c([N+](=O)[O-])c1. The van der Waals surface area contributed by atoms with Gasteiger partial charge in [0, 0.05) is 22.5 Å². The molecule has 0 aliphatic rings. The number of hydrogen-bond acceptors (Lipinski definition) is 9. The highest BCUT2D eigenvalue weighted by Crippen LogP contribution is 2.38. The first kappa shape index (κ1) is 26.8. The van der Waals surface area contributed by atoms with E-state index in [2.05, 4.69) is 26.0 Å². The molecule has 0 aliphatic carbocycles. The summed E-state index contributed by atoms with van der Waals surface area (Å²) >= 11 is 3.37. The molecule has 0 fully saturated rings. The number of nitro groups is 1. The van der Waals surface area contributed by atoms with Crippen LogP contribution >= 0.6 is 15.9 Å². The number of nitro benzene ring substituents is 1. The third kappa shape index (κ3) is 6.25. The van der Waals surface area contributed by atoms with Gasteiger partial charge in [0.05, 0.1) is 35.8 Å². The van der Waals surface area contributed by atoms with Gasteiger partial charge in [-0.25, -0.2) is 9.78 Å². The minimum absolute atomic E-state index is 0.0223. The molecule has 2 aromatic carbocycles. The summed E-state index contributed by atoms with van der Waals surface area (Å²) in [5, 5.41) is 16.4. The number of aryl methyl sites for hydroxylation is 1. The monoisotopic (exact) mass is 560 g/mol. The number of carbonyl (C=O) groups is 1. The van der Waals surface area contributed by atoms with Crippen molar-refractivity contribution in [3.05, 3.63) is 66.7 Å². The van der Waals surface area contributed by atoms with Gasteiger partial charge >= 0.3 is 11.7 Å². The van der Waals surface area contributed by atoms with Crippen LogP contribution < -0.4 is 15.0 Å². The number of rotatable bonds is 11. The van der Waals surface area contributed by atoms with Gasteiger partial charge in [0.15, 0.2) is 12.4 Å². The minimum Gasteiger partial charge on any atom is -0.493 e. The Morgan fingerprint density at radius 2 is 2.06 bits per heavy atom. The van der Waals surface area contributed by atoms with Crippen molar-refractivity contribution in [2.24, 2.45) is 5.10 Å². The molecule has 0 spiro atoms. The van der Waals surface area contributed by atoms with Crippen LogP contribution in [0.25, 0.3) is 10.9 Å². The molecule has 0 saturated heterocycles. The molecule has 0 saturated carbocycles. The van der Waals surface area contributed by atoms with Crippen molar-refractivity contribution in [2.45, 2.75) is 33.1 Å². The largest absolute Gasteiger partial charge is 0.493 e. The van der Waals surface area contributed by atoms with Gasteiger partial charge in [-0.2, -0.15) is 9.78 Å². The van der Waals surface area contributed by atoms with Crippen LogP contribution in [-0.2, 0) is 16.0 Å². The second kappa shape index (κ2) is 12.2. The zero-order chi connectivity index (χ0) is 26.2. The molecule has 1 aromatic heterocycles. The molecular weight excluding hydrogens is 536 g/mol. The van der Waals surface area contributed by atoms with E-state index in [1.807, 2.05) is 13.0 Å². The van der Waals surface area contributed by atoms with Gasteiger partial charge in [-0.1, -0.05) is 29.3 Å². The molecule has 0 unspecified atom stereocenters. The number of unbranched alkanes of at least 4 members (excludes halogenated alkanes) is 1. The fourth-order valence-corrected chi connectivity index (χ4v) is 3.74. The Labute approximate surface area is 215 Å². The first-order chi connectivity index (χ1) is 17.3. The number of ether oxygens (including phenoxy) is 3. The summed E-state index contributed by atoms with van der Waals surface area (Å²) < 4.78 is 17.3. The van der Waals surface area contributed by atoms with Crippen LogP contribution in [0, 0.1) is 10.1 Å². The second-order valence-electron chi connectivity index (χ2n) is 7.58. The Morgan fingerprint density at radius 1 is 1.28 bits per heavy atom. The lowest BCUT2D eigenvalue weighted by molar-refractivity contribution is -0.385. The Kier molecular flexibility index (Phi) is 9.12. The molecule has 0 N–H and O–H groups in total. The van der Waals surface area contributed by atoms with Crippen molar-refractivity contribution in [2.75, 3.05) is 20.3 Å². The van der Waals surface area contributed by atoms with Crippen LogP contribution in [0.5, 0.6) is 11.5 Å². The van der Waals surface area contributed by atoms with Gasteiger partial charge in [0.2, 0.25) is 5.75 Å². The van der Waals surface area contributed by atoms with E-state index in [1.54, 1.807) is 19.1 Å². The maximum Gasteiger partial charge on any atom is 0.344 e. The van der Waals surface area contributed by atoms with Crippen LogP contribution in [0.4, 0.5) is 5.69 Å². The molecule has 0 aliphatic heterocycles. The van der Waals surface area contributed by atoms with E-state index < -0.39 is 23.2 Å². The average Bonchev–Trinajstić information content (AvgIpc) is 2.86. The van der Waals surface area contributed by atoms with Crippen LogP contribution in [-0.4, -0.2) is 47.1 Å². The van der Waals surface area contributed by atoms with Crippen LogP contribution in [0.3, 0.4) is 0 Å². The number of aromatic nitrogens is 2. The average molecular weight is 561 g/mol. The summed E-state index contributed by atoms with van der Waals surface area (Å²) in [7, 11) is 1.32. The van der Waals surface area contributed by atoms with Gasteiger partial charge in [0.1, 0.15) is 5.82 Å².